The summed E-state index contributed by atoms with van der Waals surface area (Å²) in [4.78, 5) is 25.6. The molecule has 0 heterocycles. The summed E-state index contributed by atoms with van der Waals surface area (Å²) in [6, 6.07) is -1.63. The Morgan fingerprint density at radius 3 is 2.35 bits per heavy atom. The van der Waals surface area contributed by atoms with Gasteiger partial charge in [-0.3, -0.25) is 5.32 Å². The molecule has 0 aromatic rings. The minimum Gasteiger partial charge on any atom is -0.468 e. The number of nitrogens with zero attached hydrogens (tertiary/aromatic N) is 1. The van der Waals surface area contributed by atoms with Crippen LogP contribution in [0.25, 0.3) is 0 Å². The molecule has 0 saturated heterocycles. The molecule has 0 aliphatic heterocycles. The van der Waals surface area contributed by atoms with E-state index < -0.39 is 12.1 Å². The van der Waals surface area contributed by atoms with Gasteiger partial charge < -0.3 is 15.4 Å². The van der Waals surface area contributed by atoms with Crippen molar-refractivity contribution in [2.45, 2.75) is 0 Å². The lowest BCUT2D eigenvalue weighted by Gasteiger charge is -2.06. The summed E-state index contributed by atoms with van der Waals surface area (Å²) in [5.41, 5.74) is 0. The van der Waals surface area contributed by atoms with E-state index in [9.17, 15) is 9.59 Å². The van der Waals surface area contributed by atoms with Crippen LogP contribution in [0.1, 0.15) is 0 Å². The fraction of sp³-hybridized carbons (Fsp3) is 0.300. The molecule has 7 nitrogen and oxygen atoms in total. The highest BCUT2D eigenvalue weighted by atomic mass is 16.5. The summed E-state index contributed by atoms with van der Waals surface area (Å²) in [7, 11) is 1.24. The van der Waals surface area contributed by atoms with Crippen molar-refractivity contribution < 1.29 is 14.3 Å². The van der Waals surface area contributed by atoms with Crippen molar-refractivity contribution in [1.82, 2.24) is 16.0 Å². The van der Waals surface area contributed by atoms with E-state index in [0.29, 0.717) is 0 Å². The lowest BCUT2D eigenvalue weighted by molar-refractivity contribution is 0.242. The first kappa shape index (κ1) is 14.3. The summed E-state index contributed by atoms with van der Waals surface area (Å²) in [6.45, 7) is 0.0781. The van der Waals surface area contributed by atoms with Crippen molar-refractivity contribution in [2.75, 3.05) is 20.2 Å². The van der Waals surface area contributed by atoms with Gasteiger partial charge in [-0.25, -0.2) is 9.59 Å². The second-order valence-corrected chi connectivity index (χ2v) is 2.50. The number of hydrogen-bond acceptors (Lipinski definition) is 3. The number of amides is 4. The highest BCUT2D eigenvalue weighted by molar-refractivity contribution is 5.98. The van der Waals surface area contributed by atoms with E-state index >= 15 is 0 Å². The molecule has 0 radical (unpaired) electrons. The summed E-state index contributed by atoms with van der Waals surface area (Å²) >= 11 is 0. The molecule has 17 heavy (non-hydrogen) atoms. The molecule has 0 atom stereocenters. The number of aliphatic imine (C=N–C) groups is 1. The molecule has 0 aromatic heterocycles. The molecular weight excluding hydrogens is 224 g/mol. The van der Waals surface area contributed by atoms with Crippen LogP contribution < -0.4 is 16.0 Å². The van der Waals surface area contributed by atoms with Crippen LogP contribution in [0.15, 0.2) is 4.99 Å². The first-order chi connectivity index (χ1) is 8.13. The highest BCUT2D eigenvalue weighted by Crippen LogP contribution is 1.80. The van der Waals surface area contributed by atoms with E-state index in [-0.39, 0.29) is 19.1 Å². The van der Waals surface area contributed by atoms with Gasteiger partial charge in [0, 0.05) is 0 Å². The average molecular weight is 236 g/mol. The second-order valence-electron chi connectivity index (χ2n) is 2.50. The topological polar surface area (TPSA) is 91.8 Å². The maximum Gasteiger partial charge on any atom is 0.346 e. The number of amidine groups is 1. The molecule has 0 aromatic carbocycles. The molecule has 3 N–H and O–H groups in total. The van der Waals surface area contributed by atoms with Crippen LogP contribution in [0.4, 0.5) is 9.59 Å². The third-order valence-corrected chi connectivity index (χ3v) is 1.31. The van der Waals surface area contributed by atoms with Gasteiger partial charge in [-0.2, -0.15) is 0 Å². The maximum absolute atomic E-state index is 11.1. The van der Waals surface area contributed by atoms with Gasteiger partial charge in [0.05, 0.1) is 20.2 Å². The van der Waals surface area contributed by atoms with E-state index in [1.807, 2.05) is 0 Å². The molecular formula is C10H12N4O3. The Morgan fingerprint density at radius 1 is 1.24 bits per heavy atom. The fourth-order valence-electron chi connectivity index (χ4n) is 0.656. The monoisotopic (exact) mass is 236 g/mol. The SMILES string of the molecule is C#CCNC(=O)N=C(NC(=O)NCC#C)OC. The van der Waals surface area contributed by atoms with Gasteiger partial charge in [-0.15, -0.1) is 17.8 Å². The van der Waals surface area contributed by atoms with Crippen LogP contribution in [-0.4, -0.2) is 38.3 Å². The van der Waals surface area contributed by atoms with E-state index in [0.717, 1.165) is 0 Å². The number of ether oxygens (including phenoxy) is 1. The van der Waals surface area contributed by atoms with Crippen LogP contribution in [0.3, 0.4) is 0 Å². The van der Waals surface area contributed by atoms with Crippen molar-refractivity contribution in [3.8, 4) is 24.7 Å². The first-order valence-electron chi connectivity index (χ1n) is 4.46. The van der Waals surface area contributed by atoms with Gasteiger partial charge in [0.15, 0.2) is 0 Å². The Balaban J connectivity index is 4.28. The van der Waals surface area contributed by atoms with E-state index in [1.165, 1.54) is 7.11 Å². The van der Waals surface area contributed by atoms with Gasteiger partial charge >= 0.3 is 18.1 Å². The van der Waals surface area contributed by atoms with Gasteiger partial charge in [0.2, 0.25) is 0 Å². The minimum absolute atomic E-state index is 0.0304. The Morgan fingerprint density at radius 2 is 1.82 bits per heavy atom. The Labute approximate surface area is 99.0 Å². The zero-order valence-electron chi connectivity index (χ0n) is 9.24. The summed E-state index contributed by atoms with van der Waals surface area (Å²) in [5, 5.41) is 6.75. The molecule has 0 fully saturated rings. The quantitative estimate of drug-likeness (QED) is 0.335. The van der Waals surface area contributed by atoms with Gasteiger partial charge in [0.1, 0.15) is 0 Å². The zero-order valence-corrected chi connectivity index (χ0v) is 9.24. The van der Waals surface area contributed by atoms with Crippen molar-refractivity contribution in [2.24, 2.45) is 4.99 Å². The molecule has 0 aliphatic carbocycles. The Hall–Kier alpha value is -2.67. The lowest BCUT2D eigenvalue weighted by Crippen LogP contribution is -2.41. The molecule has 0 rings (SSSR count). The molecule has 0 aliphatic rings. The van der Waals surface area contributed by atoms with Crippen LogP contribution in [0, 0.1) is 24.7 Å². The predicted octanol–water partition coefficient (Wildman–Crippen LogP) is -0.736. The van der Waals surface area contributed by atoms with E-state index in [1.54, 1.807) is 0 Å². The van der Waals surface area contributed by atoms with E-state index in [4.69, 9.17) is 12.8 Å². The normalized spacial score (nSPS) is 9.47. The fourth-order valence-corrected chi connectivity index (χ4v) is 0.656. The average Bonchev–Trinajstić information content (AvgIpc) is 2.32. The molecule has 4 amide bonds. The first-order valence-corrected chi connectivity index (χ1v) is 4.46. The Bertz CT molecular complexity index is 389. The number of nitrogens with one attached hydrogen (secondary N) is 3. The number of carbonyl (C=O) groups is 2. The van der Waals surface area contributed by atoms with Crippen molar-refractivity contribution in [3.05, 3.63) is 0 Å². The van der Waals surface area contributed by atoms with Crippen molar-refractivity contribution in [3.63, 3.8) is 0 Å². The van der Waals surface area contributed by atoms with Crippen molar-refractivity contribution >= 4 is 18.1 Å². The van der Waals surface area contributed by atoms with Crippen LogP contribution in [0.2, 0.25) is 0 Å². The number of terminal acetylenes is 2. The summed E-state index contributed by atoms with van der Waals surface area (Å²) in [5.74, 6) is 4.40. The molecule has 0 bridgehead atoms. The number of methoxy groups -OCH3 is 1. The van der Waals surface area contributed by atoms with Gasteiger partial charge in [-0.05, 0) is 0 Å². The highest BCUT2D eigenvalue weighted by Gasteiger charge is 2.07. The zero-order chi connectivity index (χ0) is 13.1. The molecule has 0 spiro atoms. The summed E-state index contributed by atoms with van der Waals surface area (Å²) in [6.07, 6.45) is 9.87. The lowest BCUT2D eigenvalue weighted by atomic mass is 10.6. The standard InChI is InChI=1S/C10H12N4O3/c1-4-6-11-8(15)13-10(17-3)14-9(16)12-7-5-2/h1-2H,6-7H2,3H3,(H3,11,12,13,14,15,16). The molecule has 0 unspecified atom stereocenters. The van der Waals surface area contributed by atoms with Crippen LogP contribution >= 0.6 is 0 Å². The third-order valence-electron chi connectivity index (χ3n) is 1.31. The smallest absolute Gasteiger partial charge is 0.346 e. The molecule has 7 heteroatoms. The summed E-state index contributed by atoms with van der Waals surface area (Å²) < 4.78 is 4.67. The molecule has 90 valence electrons. The van der Waals surface area contributed by atoms with Crippen LogP contribution in [-0.2, 0) is 4.74 Å². The molecule has 0 saturated carbocycles. The van der Waals surface area contributed by atoms with Crippen molar-refractivity contribution in [1.29, 1.82) is 0 Å². The maximum atomic E-state index is 11.1. The second kappa shape index (κ2) is 8.62. The third kappa shape index (κ3) is 7.28. The van der Waals surface area contributed by atoms with Gasteiger partial charge in [0.25, 0.3) is 0 Å². The number of carbonyl (C=O) groups excluding carboxylic acids is 2. The largest absolute Gasteiger partial charge is 0.468 e. The predicted molar refractivity (Wildman–Crippen MR) is 62.0 cm³/mol. The number of rotatable bonds is 2. The van der Waals surface area contributed by atoms with Crippen LogP contribution in [0.5, 0.6) is 0 Å². The van der Waals surface area contributed by atoms with Gasteiger partial charge in [-0.1, -0.05) is 11.8 Å². The number of urea groups is 2. The van der Waals surface area contributed by atoms with E-state index in [2.05, 4.69) is 37.5 Å². The minimum atomic E-state index is -0.725. The Kier molecular flexibility index (Phi) is 7.27. The number of hydrogen-bond donors (Lipinski definition) is 3.